The minimum atomic E-state index is 0.431. The van der Waals surface area contributed by atoms with Crippen molar-refractivity contribution in [3.63, 3.8) is 0 Å². The van der Waals surface area contributed by atoms with E-state index in [4.69, 9.17) is 16.3 Å². The molecule has 2 aromatic carbocycles. The first-order valence-corrected chi connectivity index (χ1v) is 8.76. The van der Waals surface area contributed by atoms with E-state index < -0.39 is 0 Å². The summed E-state index contributed by atoms with van der Waals surface area (Å²) < 4.78 is 7.77. The van der Waals surface area contributed by atoms with Gasteiger partial charge in [-0.25, -0.2) is 0 Å². The molecule has 4 aromatic rings. The van der Waals surface area contributed by atoms with Gasteiger partial charge in [0.15, 0.2) is 5.65 Å². The largest absolute Gasteiger partial charge is 0.473 e. The van der Waals surface area contributed by atoms with Gasteiger partial charge < -0.3 is 4.74 Å². The average molecular weight is 364 g/mol. The zero-order chi connectivity index (χ0) is 18.1. The van der Waals surface area contributed by atoms with Gasteiger partial charge in [0.2, 0.25) is 5.88 Å². The highest BCUT2D eigenvalue weighted by atomic mass is 35.5. The van der Waals surface area contributed by atoms with Gasteiger partial charge in [0, 0.05) is 18.1 Å². The maximum Gasteiger partial charge on any atom is 0.216 e. The maximum atomic E-state index is 5.97. The highest BCUT2D eigenvalue weighted by Gasteiger charge is 2.15. The molecule has 0 aliphatic rings. The average Bonchev–Trinajstić information content (AvgIpc) is 2.95. The number of hydrogen-bond donors (Lipinski definition) is 0. The smallest absolute Gasteiger partial charge is 0.216 e. The third-order valence-corrected chi connectivity index (χ3v) is 4.58. The van der Waals surface area contributed by atoms with E-state index in [2.05, 4.69) is 22.2 Å². The number of aromatic nitrogens is 3. The Kier molecular flexibility index (Phi) is 4.35. The summed E-state index contributed by atoms with van der Waals surface area (Å²) in [6, 6.07) is 19.9. The number of pyridine rings is 1. The molecule has 0 aliphatic heterocycles. The molecule has 26 heavy (non-hydrogen) atoms. The second-order valence-electron chi connectivity index (χ2n) is 6.20. The molecule has 0 fully saturated rings. The molecular formula is C21H18ClN3O. The van der Waals surface area contributed by atoms with Crippen LogP contribution in [0.1, 0.15) is 11.3 Å². The number of benzene rings is 2. The Morgan fingerprint density at radius 1 is 1.04 bits per heavy atom. The van der Waals surface area contributed by atoms with Gasteiger partial charge in [-0.3, -0.25) is 4.68 Å². The number of aryl methyl sites for hydroxylation is 2. The molecule has 2 aromatic heterocycles. The predicted octanol–water partition coefficient (Wildman–Crippen LogP) is 5.18. The van der Waals surface area contributed by atoms with Crippen LogP contribution in [-0.2, 0) is 13.7 Å². The van der Waals surface area contributed by atoms with E-state index in [0.717, 1.165) is 33.4 Å². The van der Waals surface area contributed by atoms with Gasteiger partial charge in [-0.2, -0.15) is 10.1 Å². The van der Waals surface area contributed by atoms with Crippen LogP contribution in [0.3, 0.4) is 0 Å². The quantitative estimate of drug-likeness (QED) is 0.501. The molecule has 4 nitrogen and oxygen atoms in total. The Morgan fingerprint density at radius 2 is 1.77 bits per heavy atom. The molecule has 0 N–H and O–H groups in total. The van der Waals surface area contributed by atoms with Crippen LogP contribution in [-0.4, -0.2) is 14.8 Å². The van der Waals surface area contributed by atoms with Crippen molar-refractivity contribution < 1.29 is 4.74 Å². The molecule has 0 unspecified atom stereocenters. The number of hydrogen-bond acceptors (Lipinski definition) is 3. The van der Waals surface area contributed by atoms with E-state index >= 15 is 0 Å². The summed E-state index contributed by atoms with van der Waals surface area (Å²) in [6.07, 6.45) is 0. The number of nitrogens with zero attached hydrogens (tertiary/aromatic N) is 3. The monoisotopic (exact) mass is 363 g/mol. The number of fused-ring (bicyclic) bond motifs is 1. The van der Waals surface area contributed by atoms with E-state index in [1.165, 1.54) is 0 Å². The van der Waals surface area contributed by atoms with E-state index in [0.29, 0.717) is 17.5 Å². The number of ether oxygens (including phenoxy) is 1. The molecule has 5 heteroatoms. The molecule has 0 saturated heterocycles. The summed E-state index contributed by atoms with van der Waals surface area (Å²) in [7, 11) is 1.90. The molecular weight excluding hydrogens is 346 g/mol. The van der Waals surface area contributed by atoms with E-state index in [1.807, 2.05) is 62.5 Å². The van der Waals surface area contributed by atoms with Crippen LogP contribution < -0.4 is 4.74 Å². The second-order valence-corrected chi connectivity index (χ2v) is 6.63. The van der Waals surface area contributed by atoms with Crippen molar-refractivity contribution in [2.24, 2.45) is 7.05 Å². The van der Waals surface area contributed by atoms with Crippen molar-refractivity contribution in [1.29, 1.82) is 0 Å². The normalized spacial score (nSPS) is 11.0. The van der Waals surface area contributed by atoms with E-state index in [1.54, 1.807) is 4.68 Å². The van der Waals surface area contributed by atoms with Crippen LogP contribution in [0.4, 0.5) is 0 Å². The molecule has 2 heterocycles. The van der Waals surface area contributed by atoms with Gasteiger partial charge >= 0.3 is 0 Å². The van der Waals surface area contributed by atoms with Gasteiger partial charge in [0.25, 0.3) is 0 Å². The van der Waals surface area contributed by atoms with Crippen LogP contribution in [0.15, 0.2) is 60.7 Å². The first kappa shape index (κ1) is 16.6. The fourth-order valence-electron chi connectivity index (χ4n) is 3.08. The highest BCUT2D eigenvalue weighted by Crippen LogP contribution is 2.33. The first-order chi connectivity index (χ1) is 12.6. The van der Waals surface area contributed by atoms with Gasteiger partial charge in [0.05, 0.1) is 11.1 Å². The van der Waals surface area contributed by atoms with E-state index in [-0.39, 0.29) is 0 Å². The standard InChI is InChI=1S/C21H18ClN3O/c1-14-20-18(16-6-4-3-5-7-16)12-19(23-21(20)25(2)24-14)26-13-15-8-10-17(22)11-9-15/h3-12H,13H2,1-2H3. The van der Waals surface area contributed by atoms with Crippen molar-refractivity contribution in [3.8, 4) is 17.0 Å². The van der Waals surface area contributed by atoms with Gasteiger partial charge in [-0.1, -0.05) is 54.1 Å². The third-order valence-electron chi connectivity index (χ3n) is 4.33. The lowest BCUT2D eigenvalue weighted by Gasteiger charge is -2.10. The number of rotatable bonds is 4. The Bertz CT molecular complexity index is 1060. The predicted molar refractivity (Wildman–Crippen MR) is 104 cm³/mol. The summed E-state index contributed by atoms with van der Waals surface area (Å²) >= 11 is 5.94. The highest BCUT2D eigenvalue weighted by molar-refractivity contribution is 6.30. The Labute approximate surface area is 157 Å². The van der Waals surface area contributed by atoms with Gasteiger partial charge in [-0.15, -0.1) is 0 Å². The lowest BCUT2D eigenvalue weighted by Crippen LogP contribution is -2.00. The minimum Gasteiger partial charge on any atom is -0.473 e. The molecule has 0 amide bonds. The molecule has 0 atom stereocenters. The molecule has 0 radical (unpaired) electrons. The Morgan fingerprint density at radius 3 is 2.50 bits per heavy atom. The SMILES string of the molecule is Cc1nn(C)c2nc(OCc3ccc(Cl)cc3)cc(-c3ccccc3)c12. The van der Waals surface area contributed by atoms with Gasteiger partial charge in [-0.05, 0) is 35.7 Å². The van der Waals surface area contributed by atoms with Crippen molar-refractivity contribution in [3.05, 3.63) is 76.9 Å². The fourth-order valence-corrected chi connectivity index (χ4v) is 3.21. The van der Waals surface area contributed by atoms with Crippen LogP contribution in [0.25, 0.3) is 22.2 Å². The van der Waals surface area contributed by atoms with Crippen molar-refractivity contribution in [2.75, 3.05) is 0 Å². The second kappa shape index (κ2) is 6.81. The third kappa shape index (κ3) is 3.16. The maximum absolute atomic E-state index is 5.97. The lowest BCUT2D eigenvalue weighted by atomic mass is 10.0. The fraction of sp³-hybridized carbons (Fsp3) is 0.143. The molecule has 0 bridgehead atoms. The summed E-state index contributed by atoms with van der Waals surface area (Å²) in [5.41, 5.74) is 5.01. The minimum absolute atomic E-state index is 0.431. The molecule has 0 aliphatic carbocycles. The van der Waals surface area contributed by atoms with E-state index in [9.17, 15) is 0 Å². The summed E-state index contributed by atoms with van der Waals surface area (Å²) in [5, 5.41) is 6.30. The molecule has 4 rings (SSSR count). The topological polar surface area (TPSA) is 39.9 Å². The molecule has 0 saturated carbocycles. The summed E-state index contributed by atoms with van der Waals surface area (Å²) in [5.74, 6) is 0.578. The van der Waals surface area contributed by atoms with Crippen molar-refractivity contribution in [2.45, 2.75) is 13.5 Å². The van der Waals surface area contributed by atoms with Gasteiger partial charge in [0.1, 0.15) is 6.61 Å². The summed E-state index contributed by atoms with van der Waals surface area (Å²) in [6.45, 7) is 2.44. The molecule has 130 valence electrons. The van der Waals surface area contributed by atoms with Crippen LogP contribution in [0.2, 0.25) is 5.02 Å². The zero-order valence-electron chi connectivity index (χ0n) is 14.6. The Hall–Kier alpha value is -2.85. The Balaban J connectivity index is 1.76. The van der Waals surface area contributed by atoms with Crippen LogP contribution in [0, 0.1) is 6.92 Å². The number of halogens is 1. The zero-order valence-corrected chi connectivity index (χ0v) is 15.4. The van der Waals surface area contributed by atoms with Crippen LogP contribution >= 0.6 is 11.6 Å². The van der Waals surface area contributed by atoms with Crippen LogP contribution in [0.5, 0.6) is 5.88 Å². The first-order valence-electron chi connectivity index (χ1n) is 8.39. The lowest BCUT2D eigenvalue weighted by molar-refractivity contribution is 0.295. The summed E-state index contributed by atoms with van der Waals surface area (Å²) in [4.78, 5) is 4.67. The molecule has 0 spiro atoms. The van der Waals surface area contributed by atoms with Crippen molar-refractivity contribution >= 4 is 22.6 Å². The van der Waals surface area contributed by atoms with Crippen molar-refractivity contribution in [1.82, 2.24) is 14.8 Å².